The summed E-state index contributed by atoms with van der Waals surface area (Å²) < 4.78 is 10.5. The maximum Gasteiger partial charge on any atom is 0.310 e. The molecule has 1 saturated heterocycles. The van der Waals surface area contributed by atoms with E-state index < -0.39 is 17.7 Å². The molecule has 37 heavy (non-hydrogen) atoms. The van der Waals surface area contributed by atoms with E-state index >= 15 is 0 Å². The van der Waals surface area contributed by atoms with Crippen LogP contribution in [0.1, 0.15) is 36.6 Å². The highest BCUT2D eigenvalue weighted by Gasteiger charge is 2.47. The lowest BCUT2D eigenvalue weighted by atomic mass is 9.95. The van der Waals surface area contributed by atoms with Crippen LogP contribution in [-0.4, -0.2) is 36.0 Å². The number of ketones is 1. The molecule has 1 N–H and O–H groups in total. The van der Waals surface area contributed by atoms with Gasteiger partial charge in [-0.1, -0.05) is 54.1 Å². The van der Waals surface area contributed by atoms with E-state index in [2.05, 4.69) is 0 Å². The summed E-state index contributed by atoms with van der Waals surface area (Å²) in [5.41, 5.74) is 2.07. The molecule has 7 nitrogen and oxygen atoms in total. The normalized spacial score (nSPS) is 16.6. The first-order chi connectivity index (χ1) is 17.8. The lowest BCUT2D eigenvalue weighted by Crippen LogP contribution is -2.29. The molecule has 0 spiro atoms. The quantitative estimate of drug-likeness (QED) is 0.183. The predicted octanol–water partition coefficient (Wildman–Crippen LogP) is 5.47. The van der Waals surface area contributed by atoms with Crippen LogP contribution in [0.15, 0.2) is 78.4 Å². The zero-order valence-electron chi connectivity index (χ0n) is 20.4. The first kappa shape index (κ1) is 26.0. The van der Waals surface area contributed by atoms with Gasteiger partial charge >= 0.3 is 5.97 Å². The van der Waals surface area contributed by atoms with Crippen molar-refractivity contribution < 1.29 is 29.0 Å². The number of esters is 1. The number of benzene rings is 3. The van der Waals surface area contributed by atoms with Crippen molar-refractivity contribution >= 4 is 40.7 Å². The van der Waals surface area contributed by atoms with Crippen LogP contribution in [0.5, 0.6) is 5.75 Å². The highest BCUT2D eigenvalue weighted by molar-refractivity contribution is 6.51. The number of carbonyl (C=O) groups excluding carboxylic acids is 3. The Morgan fingerprint density at radius 3 is 2.32 bits per heavy atom. The molecule has 1 atom stereocenters. The Balaban J connectivity index is 1.80. The van der Waals surface area contributed by atoms with Gasteiger partial charge in [0.25, 0.3) is 11.7 Å². The highest BCUT2D eigenvalue weighted by atomic mass is 35.5. The SMILES string of the molecule is CCOC(=O)Cc1ccc(N2C(=O)C(=O)/C(=C(\O)c3ccc(Cl)c(OCC)c3)C2c2ccccc2)cc1. The molecular weight excluding hydrogens is 494 g/mol. The number of aliphatic hydroxyl groups excluding tert-OH is 1. The summed E-state index contributed by atoms with van der Waals surface area (Å²) >= 11 is 6.20. The van der Waals surface area contributed by atoms with Gasteiger partial charge in [-0.2, -0.15) is 0 Å². The Bertz CT molecular complexity index is 1350. The number of hydrogen-bond acceptors (Lipinski definition) is 6. The number of anilines is 1. The zero-order chi connectivity index (χ0) is 26.5. The van der Waals surface area contributed by atoms with Gasteiger partial charge in [-0.15, -0.1) is 0 Å². The Kier molecular flexibility index (Phi) is 7.94. The van der Waals surface area contributed by atoms with E-state index in [0.29, 0.717) is 46.4 Å². The van der Waals surface area contributed by atoms with E-state index in [1.165, 1.54) is 4.90 Å². The van der Waals surface area contributed by atoms with E-state index in [9.17, 15) is 19.5 Å². The van der Waals surface area contributed by atoms with Crippen molar-refractivity contribution in [3.8, 4) is 5.75 Å². The van der Waals surface area contributed by atoms with Gasteiger partial charge in [0.2, 0.25) is 0 Å². The lowest BCUT2D eigenvalue weighted by molar-refractivity contribution is -0.142. The number of rotatable bonds is 8. The highest BCUT2D eigenvalue weighted by Crippen LogP contribution is 2.42. The molecule has 1 unspecified atom stereocenters. The minimum absolute atomic E-state index is 0.0448. The molecule has 3 aromatic rings. The van der Waals surface area contributed by atoms with Crippen LogP contribution in [0, 0.1) is 0 Å². The fourth-order valence-electron chi connectivity index (χ4n) is 4.27. The largest absolute Gasteiger partial charge is 0.507 e. The standard InChI is InChI=1S/C29H26ClNO6/c1-3-36-23-17-20(12-15-22(23)30)27(33)25-26(19-8-6-5-7-9-19)31(29(35)28(25)34)21-13-10-18(11-14-21)16-24(32)37-4-2/h5-15,17,26,33H,3-4,16H2,1-2H3/b27-25-. The minimum Gasteiger partial charge on any atom is -0.507 e. The van der Waals surface area contributed by atoms with Crippen LogP contribution in [0.2, 0.25) is 5.02 Å². The molecule has 0 aromatic heterocycles. The van der Waals surface area contributed by atoms with Gasteiger partial charge in [-0.3, -0.25) is 19.3 Å². The second kappa shape index (κ2) is 11.3. The summed E-state index contributed by atoms with van der Waals surface area (Å²) in [5.74, 6) is -1.90. The second-order valence-electron chi connectivity index (χ2n) is 8.31. The fourth-order valence-corrected chi connectivity index (χ4v) is 4.45. The van der Waals surface area contributed by atoms with Crippen LogP contribution in [0.25, 0.3) is 5.76 Å². The molecule has 1 aliphatic heterocycles. The summed E-state index contributed by atoms with van der Waals surface area (Å²) in [4.78, 5) is 39.8. The number of ether oxygens (including phenoxy) is 2. The molecule has 0 radical (unpaired) electrons. The van der Waals surface area contributed by atoms with Gasteiger partial charge in [0.05, 0.1) is 36.3 Å². The van der Waals surface area contributed by atoms with Gasteiger partial charge in [-0.25, -0.2) is 0 Å². The monoisotopic (exact) mass is 519 g/mol. The fraction of sp³-hybridized carbons (Fsp3) is 0.207. The number of carbonyl (C=O) groups is 3. The van der Waals surface area contributed by atoms with Crippen LogP contribution >= 0.6 is 11.6 Å². The molecule has 3 aromatic carbocycles. The van der Waals surface area contributed by atoms with Crippen molar-refractivity contribution in [1.82, 2.24) is 0 Å². The number of Topliss-reactive ketones (excluding diaryl/α,β-unsaturated/α-hetero) is 1. The molecule has 1 amide bonds. The van der Waals surface area contributed by atoms with Crippen LogP contribution in [0.3, 0.4) is 0 Å². The molecule has 4 rings (SSSR count). The number of nitrogens with zero attached hydrogens (tertiary/aromatic N) is 1. The molecule has 8 heteroatoms. The van der Waals surface area contributed by atoms with Crippen LogP contribution < -0.4 is 9.64 Å². The lowest BCUT2D eigenvalue weighted by Gasteiger charge is -2.25. The van der Waals surface area contributed by atoms with E-state index in [0.717, 1.165) is 0 Å². The summed E-state index contributed by atoms with van der Waals surface area (Å²) in [6.45, 7) is 4.20. The molecular formula is C29H26ClNO6. The van der Waals surface area contributed by atoms with Gasteiger partial charge in [0.15, 0.2) is 0 Å². The van der Waals surface area contributed by atoms with Gasteiger partial charge in [-0.05, 0) is 55.3 Å². The van der Waals surface area contributed by atoms with Crippen molar-refractivity contribution in [3.05, 3.63) is 100 Å². The Morgan fingerprint density at radius 2 is 1.68 bits per heavy atom. The van der Waals surface area contributed by atoms with Crippen molar-refractivity contribution in [3.63, 3.8) is 0 Å². The minimum atomic E-state index is -0.872. The van der Waals surface area contributed by atoms with E-state index in [4.69, 9.17) is 21.1 Å². The van der Waals surface area contributed by atoms with Crippen LogP contribution in [0.4, 0.5) is 5.69 Å². The summed E-state index contributed by atoms with van der Waals surface area (Å²) in [6.07, 6.45) is 0.0911. The Morgan fingerprint density at radius 1 is 0.973 bits per heavy atom. The topological polar surface area (TPSA) is 93.1 Å². The average Bonchev–Trinajstić information content (AvgIpc) is 3.16. The third-order valence-electron chi connectivity index (χ3n) is 5.93. The second-order valence-corrected chi connectivity index (χ2v) is 8.71. The summed E-state index contributed by atoms with van der Waals surface area (Å²) in [6, 6.07) is 19.6. The number of hydrogen-bond donors (Lipinski definition) is 1. The molecule has 190 valence electrons. The van der Waals surface area contributed by atoms with Crippen molar-refractivity contribution in [2.75, 3.05) is 18.1 Å². The van der Waals surface area contributed by atoms with Gasteiger partial charge < -0.3 is 14.6 Å². The average molecular weight is 520 g/mol. The van der Waals surface area contributed by atoms with Gasteiger partial charge in [0.1, 0.15) is 11.5 Å². The molecule has 0 aliphatic carbocycles. The van der Waals surface area contributed by atoms with E-state index in [1.54, 1.807) is 73.7 Å². The van der Waals surface area contributed by atoms with Crippen molar-refractivity contribution in [2.24, 2.45) is 0 Å². The third kappa shape index (κ3) is 5.37. The molecule has 0 saturated carbocycles. The van der Waals surface area contributed by atoms with Crippen molar-refractivity contribution in [1.29, 1.82) is 0 Å². The van der Waals surface area contributed by atoms with Crippen molar-refractivity contribution in [2.45, 2.75) is 26.3 Å². The maximum absolute atomic E-state index is 13.3. The summed E-state index contributed by atoms with van der Waals surface area (Å²) in [7, 11) is 0. The van der Waals surface area contributed by atoms with E-state index in [1.807, 2.05) is 13.0 Å². The Hall–Kier alpha value is -4.10. The first-order valence-corrected chi connectivity index (χ1v) is 12.3. The maximum atomic E-state index is 13.3. The molecule has 1 heterocycles. The number of aliphatic hydroxyl groups is 1. The molecule has 1 fully saturated rings. The van der Waals surface area contributed by atoms with Crippen LogP contribution in [-0.2, 0) is 25.5 Å². The number of halogens is 1. The Labute approximate surface area is 219 Å². The first-order valence-electron chi connectivity index (χ1n) is 11.9. The number of amides is 1. The zero-order valence-corrected chi connectivity index (χ0v) is 21.2. The third-order valence-corrected chi connectivity index (χ3v) is 6.24. The van der Waals surface area contributed by atoms with Gasteiger partial charge in [0, 0.05) is 11.3 Å². The van der Waals surface area contributed by atoms with E-state index in [-0.39, 0.29) is 23.7 Å². The summed E-state index contributed by atoms with van der Waals surface area (Å²) in [5, 5.41) is 11.7. The smallest absolute Gasteiger partial charge is 0.310 e. The predicted molar refractivity (Wildman–Crippen MR) is 141 cm³/mol. The molecule has 0 bridgehead atoms. The molecule has 1 aliphatic rings.